The maximum Gasteiger partial charge on any atom is 1.00 e. The van der Waals surface area contributed by atoms with Crippen LogP contribution >= 0.6 is 23.5 Å². The first-order chi connectivity index (χ1) is 6.00. The second kappa shape index (κ2) is 16.9. The van der Waals surface area contributed by atoms with Crippen molar-refractivity contribution < 1.29 is 161 Å². The summed E-state index contributed by atoms with van der Waals surface area (Å²) in [6.07, 6.45) is 0. The predicted octanol–water partition coefficient (Wildman–Crippen LogP) is -9.88. The van der Waals surface area contributed by atoms with Crippen molar-refractivity contribution in [2.24, 2.45) is 0 Å². The summed E-state index contributed by atoms with van der Waals surface area (Å²) < 4.78 is 26.4. The second-order valence-electron chi connectivity index (χ2n) is 1.50. The molecule has 104 valence electrons. The molecule has 10 N–H and O–H groups in total. The van der Waals surface area contributed by atoms with Gasteiger partial charge in [-0.15, -0.1) is 0 Å². The first-order valence-corrected chi connectivity index (χ1v) is 6.94. The quantitative estimate of drug-likeness (QED) is 0.142. The van der Waals surface area contributed by atoms with E-state index in [0.717, 1.165) is 0 Å². The molecule has 0 amide bonds. The number of hydrogen-bond donors (Lipinski definition) is 8. The molecule has 0 aliphatic heterocycles. The van der Waals surface area contributed by atoms with Gasteiger partial charge in [0, 0.05) is 0 Å². The molecule has 13 nitrogen and oxygen atoms in total. The van der Waals surface area contributed by atoms with Gasteiger partial charge in [-0.05, 0) is 0 Å². The fourth-order valence-electron chi connectivity index (χ4n) is 0. The summed E-state index contributed by atoms with van der Waals surface area (Å²) in [5, 5.41) is 0. The van der Waals surface area contributed by atoms with Crippen LogP contribution in [-0.4, -0.2) is 34.3 Å². The third-order valence-electron chi connectivity index (χ3n) is 0. The van der Waals surface area contributed by atoms with Gasteiger partial charge in [0.1, 0.15) is 0 Å². The minimum absolute atomic E-state index is 0. The van der Waals surface area contributed by atoms with Gasteiger partial charge in [0.15, 0.2) is 0 Å². The van der Waals surface area contributed by atoms with Crippen LogP contribution in [0.15, 0.2) is 0 Å². The molecule has 0 saturated carbocycles. The van der Waals surface area contributed by atoms with Crippen LogP contribution < -0.4 is 119 Å². The molecule has 0 aromatic heterocycles. The fraction of sp³-hybridized carbons (Fsp3) is 0. The Hall–Kier alpha value is 3.56. The van der Waals surface area contributed by atoms with Crippen LogP contribution in [0.2, 0.25) is 0 Å². The summed E-state index contributed by atoms with van der Waals surface area (Å²) in [4.78, 5) is 67.4. The smallest absolute Gasteiger partial charge is 0.790 e. The summed E-state index contributed by atoms with van der Waals surface area (Å²) in [6, 6.07) is 0. The average Bonchev–Trinajstić information content (AvgIpc) is 1.41. The molecule has 0 spiro atoms. The van der Waals surface area contributed by atoms with Crippen molar-refractivity contribution in [1.29, 1.82) is 0 Å². The van der Waals surface area contributed by atoms with Crippen molar-refractivity contribution in [2.75, 3.05) is 0 Å². The SMILES string of the molecule is N.O=P(O)(O)O.O=P(O)(O)O.O=P([O-])([O-])O.[K+].[K+]. The van der Waals surface area contributed by atoms with Gasteiger partial charge >= 0.3 is 118 Å². The van der Waals surface area contributed by atoms with E-state index >= 15 is 0 Å². The molecule has 0 saturated heterocycles. The zero-order valence-corrected chi connectivity index (χ0v) is 18.1. The Morgan fingerprint density at radius 3 is 0.611 bits per heavy atom. The maximum atomic E-state index is 8.88. The molecular formula is H10K2NO12P3. The second-order valence-corrected chi connectivity index (χ2v) is 4.49. The van der Waals surface area contributed by atoms with Crippen molar-refractivity contribution in [3.05, 3.63) is 0 Å². The van der Waals surface area contributed by atoms with Crippen molar-refractivity contribution in [2.45, 2.75) is 0 Å². The van der Waals surface area contributed by atoms with Crippen molar-refractivity contribution in [3.63, 3.8) is 0 Å². The standard InChI is InChI=1S/2K.H3N.3H3O4P/c;;;3*1-5(2,3)4/h;;1H3;3*(H3,1,2,3,4)/q2*+1;;;;/p-2. The Morgan fingerprint density at radius 2 is 0.611 bits per heavy atom. The van der Waals surface area contributed by atoms with Crippen LogP contribution in [0.4, 0.5) is 0 Å². The molecule has 18 heteroatoms. The van der Waals surface area contributed by atoms with E-state index in [-0.39, 0.29) is 109 Å². The summed E-state index contributed by atoms with van der Waals surface area (Å²) in [5.74, 6) is 0. The third-order valence-corrected chi connectivity index (χ3v) is 0. The summed E-state index contributed by atoms with van der Waals surface area (Å²) in [5.41, 5.74) is 0. The van der Waals surface area contributed by atoms with Gasteiger partial charge in [-0.1, -0.05) is 0 Å². The van der Waals surface area contributed by atoms with Gasteiger partial charge in [0.25, 0.3) is 0 Å². The van der Waals surface area contributed by atoms with Crippen LogP contribution in [0, 0.1) is 0 Å². The van der Waals surface area contributed by atoms with E-state index < -0.39 is 23.5 Å². The third kappa shape index (κ3) is 531. The van der Waals surface area contributed by atoms with Crippen molar-refractivity contribution in [3.8, 4) is 0 Å². The van der Waals surface area contributed by atoms with E-state index in [1.165, 1.54) is 0 Å². The van der Waals surface area contributed by atoms with Crippen LogP contribution in [0.25, 0.3) is 0 Å². The van der Waals surface area contributed by atoms with Crippen molar-refractivity contribution in [1.82, 2.24) is 6.15 Å². The molecule has 0 radical (unpaired) electrons. The maximum absolute atomic E-state index is 8.88. The van der Waals surface area contributed by atoms with Crippen LogP contribution in [0.1, 0.15) is 0 Å². The van der Waals surface area contributed by atoms with Gasteiger partial charge in [-0.25, -0.2) is 9.13 Å². The van der Waals surface area contributed by atoms with Gasteiger partial charge in [0.2, 0.25) is 0 Å². The minimum atomic E-state index is -5.14. The van der Waals surface area contributed by atoms with Crippen molar-refractivity contribution >= 4 is 23.5 Å². The zero-order chi connectivity index (χ0) is 13.5. The molecule has 0 aromatic rings. The van der Waals surface area contributed by atoms with Gasteiger partial charge in [-0.3, -0.25) is 0 Å². The van der Waals surface area contributed by atoms with Gasteiger partial charge < -0.3 is 54.8 Å². The molecule has 0 fully saturated rings. The predicted molar refractivity (Wildman–Crippen MR) is 43.4 cm³/mol. The van der Waals surface area contributed by atoms with E-state index in [0.29, 0.717) is 0 Å². The van der Waals surface area contributed by atoms with Crippen LogP contribution in [-0.2, 0) is 13.7 Å². The van der Waals surface area contributed by atoms with E-state index in [9.17, 15) is 0 Å². The number of rotatable bonds is 0. The first-order valence-electron chi connectivity index (χ1n) is 2.31. The topological polar surface area (TPSA) is 274 Å². The summed E-state index contributed by atoms with van der Waals surface area (Å²) in [7, 11) is -14.4. The summed E-state index contributed by atoms with van der Waals surface area (Å²) >= 11 is 0. The molecule has 0 aliphatic rings. The Morgan fingerprint density at radius 1 is 0.611 bits per heavy atom. The molecular weight excluding hydrogens is 377 g/mol. The molecule has 0 bridgehead atoms. The molecule has 18 heavy (non-hydrogen) atoms. The van der Waals surface area contributed by atoms with Gasteiger partial charge in [-0.2, -0.15) is 0 Å². The molecule has 0 unspecified atom stereocenters. The van der Waals surface area contributed by atoms with E-state index in [1.54, 1.807) is 0 Å². The average molecular weight is 387 g/mol. The van der Waals surface area contributed by atoms with Crippen LogP contribution in [0.3, 0.4) is 0 Å². The molecule has 0 rings (SSSR count). The molecule has 0 aromatic carbocycles. The fourth-order valence-corrected chi connectivity index (χ4v) is 0. The summed E-state index contributed by atoms with van der Waals surface area (Å²) in [6.45, 7) is 0. The van der Waals surface area contributed by atoms with Crippen LogP contribution in [0.5, 0.6) is 0 Å². The van der Waals surface area contributed by atoms with Gasteiger partial charge in [0.05, 0.1) is 7.82 Å². The van der Waals surface area contributed by atoms with E-state index in [1.807, 2.05) is 0 Å². The Bertz CT molecular complexity index is 211. The van der Waals surface area contributed by atoms with E-state index in [4.69, 9.17) is 57.7 Å². The number of hydrogen-bond acceptors (Lipinski definition) is 6. The Balaban J connectivity index is -0.0000000277. The Kier molecular flexibility index (Phi) is 35.4. The molecule has 0 atom stereocenters. The minimum Gasteiger partial charge on any atom is -0.790 e. The Labute approximate surface area is 186 Å². The first kappa shape index (κ1) is 37.6. The normalized spacial score (nSPS) is 9.83. The zero-order valence-electron chi connectivity index (χ0n) is 9.22. The monoisotopic (exact) mass is 387 g/mol. The largest absolute Gasteiger partial charge is 1.00 e. The molecule has 0 heterocycles. The van der Waals surface area contributed by atoms with E-state index in [2.05, 4.69) is 0 Å². The number of phosphoric acid groups is 3. The molecule has 0 aliphatic carbocycles.